The molecule has 0 bridgehead atoms. The van der Waals surface area contributed by atoms with E-state index in [4.69, 9.17) is 20.6 Å². The van der Waals surface area contributed by atoms with E-state index >= 15 is 0 Å². The summed E-state index contributed by atoms with van der Waals surface area (Å²) in [5.74, 6) is 0.886. The molecule has 0 heterocycles. The molecule has 0 fully saturated rings. The van der Waals surface area contributed by atoms with Gasteiger partial charge in [0.05, 0.1) is 19.6 Å². The van der Waals surface area contributed by atoms with Crippen molar-refractivity contribution in [2.45, 2.75) is 13.0 Å². The van der Waals surface area contributed by atoms with E-state index in [-0.39, 0.29) is 5.84 Å². The van der Waals surface area contributed by atoms with E-state index in [1.165, 1.54) is 0 Å². The average Bonchev–Trinajstić information content (AvgIpc) is 2.18. The highest BCUT2D eigenvalue weighted by molar-refractivity contribution is 5.80. The molecule has 0 unspecified atom stereocenters. The van der Waals surface area contributed by atoms with E-state index in [1.54, 1.807) is 14.2 Å². The van der Waals surface area contributed by atoms with Crippen molar-refractivity contribution in [1.82, 2.24) is 0 Å². The van der Waals surface area contributed by atoms with Crippen molar-refractivity contribution < 1.29 is 9.47 Å². The first-order valence-corrected chi connectivity index (χ1v) is 4.65. The van der Waals surface area contributed by atoms with Gasteiger partial charge in [-0.1, -0.05) is 18.2 Å². The zero-order valence-corrected chi connectivity index (χ0v) is 9.04. The molecule has 82 valence electrons. The second kappa shape index (κ2) is 5.36. The fraction of sp³-hybridized carbons (Fsp3) is 0.364. The molecule has 3 N–H and O–H groups in total. The van der Waals surface area contributed by atoms with Gasteiger partial charge in [0.15, 0.2) is 0 Å². The summed E-state index contributed by atoms with van der Waals surface area (Å²) >= 11 is 0. The Labute approximate surface area is 89.5 Å². The van der Waals surface area contributed by atoms with Gasteiger partial charge in [0.1, 0.15) is 5.75 Å². The van der Waals surface area contributed by atoms with Crippen LogP contribution in [0.1, 0.15) is 11.1 Å². The van der Waals surface area contributed by atoms with Crippen LogP contribution in [-0.4, -0.2) is 20.1 Å². The molecular formula is C11H16N2O2. The molecule has 1 aromatic rings. The summed E-state index contributed by atoms with van der Waals surface area (Å²) in [6.07, 6.45) is 0.403. The number of nitrogens with two attached hydrogens (primary N) is 1. The van der Waals surface area contributed by atoms with Crippen molar-refractivity contribution in [3.63, 3.8) is 0 Å². The third kappa shape index (κ3) is 2.95. The molecule has 15 heavy (non-hydrogen) atoms. The number of rotatable bonds is 5. The Balaban J connectivity index is 3.04. The maximum atomic E-state index is 7.27. The summed E-state index contributed by atoms with van der Waals surface area (Å²) in [7, 11) is 3.25. The highest BCUT2D eigenvalue weighted by atomic mass is 16.5. The topological polar surface area (TPSA) is 68.3 Å². The summed E-state index contributed by atoms with van der Waals surface area (Å²) < 4.78 is 10.4. The minimum absolute atomic E-state index is 0.128. The lowest BCUT2D eigenvalue weighted by atomic mass is 10.1. The van der Waals surface area contributed by atoms with E-state index in [9.17, 15) is 0 Å². The van der Waals surface area contributed by atoms with Crippen LogP contribution in [0.4, 0.5) is 0 Å². The van der Waals surface area contributed by atoms with E-state index in [1.807, 2.05) is 18.2 Å². The molecule has 0 radical (unpaired) electrons. The number of hydrogen-bond acceptors (Lipinski definition) is 3. The molecule has 0 saturated carbocycles. The standard InChI is InChI=1S/C11H16N2O2/c1-14-7-9-5-3-4-8(6-10(12)13)11(9)15-2/h3-5H,6-7H2,1-2H3,(H3,12,13). The molecule has 0 aliphatic rings. The molecule has 0 spiro atoms. The van der Waals surface area contributed by atoms with Crippen LogP contribution < -0.4 is 10.5 Å². The Kier molecular flexibility index (Phi) is 4.12. The zero-order chi connectivity index (χ0) is 11.3. The van der Waals surface area contributed by atoms with E-state index in [0.29, 0.717) is 13.0 Å². The Morgan fingerprint density at radius 1 is 1.33 bits per heavy atom. The normalized spacial score (nSPS) is 10.0. The third-order valence-electron chi connectivity index (χ3n) is 2.06. The Morgan fingerprint density at radius 2 is 2.00 bits per heavy atom. The SMILES string of the molecule is COCc1cccc(CC(=N)N)c1OC. The van der Waals surface area contributed by atoms with Gasteiger partial charge in [0.25, 0.3) is 0 Å². The monoisotopic (exact) mass is 208 g/mol. The van der Waals surface area contributed by atoms with Crippen molar-refractivity contribution in [3.8, 4) is 5.75 Å². The van der Waals surface area contributed by atoms with Crippen LogP contribution in [0, 0.1) is 5.41 Å². The Morgan fingerprint density at radius 3 is 2.53 bits per heavy atom. The molecule has 0 atom stereocenters. The average molecular weight is 208 g/mol. The van der Waals surface area contributed by atoms with Crippen LogP contribution in [0.3, 0.4) is 0 Å². The lowest BCUT2D eigenvalue weighted by Crippen LogP contribution is -2.13. The van der Waals surface area contributed by atoms with Crippen LogP contribution >= 0.6 is 0 Å². The molecule has 1 rings (SSSR count). The smallest absolute Gasteiger partial charge is 0.128 e. The quantitative estimate of drug-likeness (QED) is 0.566. The summed E-state index contributed by atoms with van der Waals surface area (Å²) in [4.78, 5) is 0. The maximum absolute atomic E-state index is 7.27. The second-order valence-corrected chi connectivity index (χ2v) is 3.24. The summed E-state index contributed by atoms with van der Waals surface area (Å²) in [6.45, 7) is 0.495. The maximum Gasteiger partial charge on any atom is 0.128 e. The number of para-hydroxylation sites is 1. The van der Waals surface area contributed by atoms with Crippen LogP contribution in [0.5, 0.6) is 5.75 Å². The van der Waals surface area contributed by atoms with Crippen molar-refractivity contribution >= 4 is 5.84 Å². The summed E-state index contributed by atoms with van der Waals surface area (Å²) in [6, 6.07) is 5.75. The third-order valence-corrected chi connectivity index (χ3v) is 2.06. The predicted molar refractivity (Wildman–Crippen MR) is 59.3 cm³/mol. The summed E-state index contributed by atoms with van der Waals surface area (Å²) in [5.41, 5.74) is 7.26. The molecule has 0 aromatic heterocycles. The van der Waals surface area contributed by atoms with Gasteiger partial charge in [-0.3, -0.25) is 5.41 Å². The predicted octanol–water partition coefficient (Wildman–Crippen LogP) is 1.32. The van der Waals surface area contributed by atoms with Crippen LogP contribution in [0.2, 0.25) is 0 Å². The highest BCUT2D eigenvalue weighted by Gasteiger charge is 2.09. The molecule has 4 nitrogen and oxygen atoms in total. The van der Waals surface area contributed by atoms with Gasteiger partial charge in [0, 0.05) is 24.7 Å². The molecule has 4 heteroatoms. The van der Waals surface area contributed by atoms with Crippen LogP contribution in [0.25, 0.3) is 0 Å². The Hall–Kier alpha value is -1.55. The first-order valence-electron chi connectivity index (χ1n) is 4.65. The zero-order valence-electron chi connectivity index (χ0n) is 9.04. The second-order valence-electron chi connectivity index (χ2n) is 3.24. The minimum atomic E-state index is 0.128. The van der Waals surface area contributed by atoms with Crippen molar-refractivity contribution in [1.29, 1.82) is 5.41 Å². The number of methoxy groups -OCH3 is 2. The van der Waals surface area contributed by atoms with Gasteiger partial charge in [-0.2, -0.15) is 0 Å². The number of nitrogens with one attached hydrogen (secondary N) is 1. The van der Waals surface area contributed by atoms with Crippen molar-refractivity contribution in [2.24, 2.45) is 5.73 Å². The molecule has 0 amide bonds. The molecular weight excluding hydrogens is 192 g/mol. The van der Waals surface area contributed by atoms with Crippen LogP contribution in [-0.2, 0) is 17.8 Å². The molecule has 1 aromatic carbocycles. The van der Waals surface area contributed by atoms with Crippen molar-refractivity contribution in [3.05, 3.63) is 29.3 Å². The number of hydrogen-bond donors (Lipinski definition) is 2. The molecule has 0 saturated heterocycles. The number of amidine groups is 1. The summed E-state index contributed by atoms with van der Waals surface area (Å²) in [5, 5.41) is 7.27. The van der Waals surface area contributed by atoms with Gasteiger partial charge in [-0.25, -0.2) is 0 Å². The first-order chi connectivity index (χ1) is 7.19. The van der Waals surface area contributed by atoms with Gasteiger partial charge in [-0.15, -0.1) is 0 Å². The molecule has 0 aliphatic carbocycles. The lowest BCUT2D eigenvalue weighted by Gasteiger charge is -2.12. The largest absolute Gasteiger partial charge is 0.496 e. The van der Waals surface area contributed by atoms with E-state index < -0.39 is 0 Å². The minimum Gasteiger partial charge on any atom is -0.496 e. The Bertz CT molecular complexity index is 350. The van der Waals surface area contributed by atoms with Crippen LogP contribution in [0.15, 0.2) is 18.2 Å². The number of ether oxygens (including phenoxy) is 2. The fourth-order valence-corrected chi connectivity index (χ4v) is 1.51. The highest BCUT2D eigenvalue weighted by Crippen LogP contribution is 2.24. The fourth-order valence-electron chi connectivity index (χ4n) is 1.51. The van der Waals surface area contributed by atoms with Gasteiger partial charge < -0.3 is 15.2 Å². The van der Waals surface area contributed by atoms with Gasteiger partial charge in [-0.05, 0) is 0 Å². The van der Waals surface area contributed by atoms with Crippen molar-refractivity contribution in [2.75, 3.05) is 14.2 Å². The molecule has 0 aliphatic heterocycles. The van der Waals surface area contributed by atoms with Gasteiger partial charge >= 0.3 is 0 Å². The van der Waals surface area contributed by atoms with E-state index in [2.05, 4.69) is 0 Å². The van der Waals surface area contributed by atoms with Gasteiger partial charge in [0.2, 0.25) is 0 Å². The lowest BCUT2D eigenvalue weighted by molar-refractivity contribution is 0.181. The number of benzene rings is 1. The first kappa shape index (κ1) is 11.5. The van der Waals surface area contributed by atoms with E-state index in [0.717, 1.165) is 16.9 Å².